The molecule has 1 aromatic heterocycles. The van der Waals surface area contributed by atoms with E-state index in [0.717, 1.165) is 29.2 Å². The number of amides is 1. The van der Waals surface area contributed by atoms with Crippen molar-refractivity contribution in [2.75, 3.05) is 18.4 Å². The minimum absolute atomic E-state index is 0.114. The maximum Gasteiger partial charge on any atom is 0.255 e. The number of halogens is 1. The molecule has 4 rings (SSSR count). The fraction of sp³-hybridized carbons (Fsp3) is 0.360. The Morgan fingerprint density at radius 1 is 1.00 bits per heavy atom. The van der Waals surface area contributed by atoms with Crippen molar-refractivity contribution in [3.8, 4) is 0 Å². The first-order valence-electron chi connectivity index (χ1n) is 10.9. The first-order valence-corrected chi connectivity index (χ1v) is 11.3. The first kappa shape index (κ1) is 21.6. The van der Waals surface area contributed by atoms with Gasteiger partial charge in [-0.05, 0) is 75.2 Å². The molecule has 162 valence electrons. The molecule has 6 heteroatoms. The maximum atomic E-state index is 12.8. The van der Waals surface area contributed by atoms with E-state index < -0.39 is 0 Å². The fourth-order valence-corrected chi connectivity index (χ4v) is 4.22. The number of piperidine rings is 1. The molecular weight excluding hydrogens is 408 g/mol. The van der Waals surface area contributed by atoms with Gasteiger partial charge in [-0.3, -0.25) is 14.4 Å². The van der Waals surface area contributed by atoms with Crippen molar-refractivity contribution in [3.05, 3.63) is 81.6 Å². The molecule has 0 radical (unpaired) electrons. The van der Waals surface area contributed by atoms with Crippen LogP contribution in [0.1, 0.15) is 52.1 Å². The van der Waals surface area contributed by atoms with E-state index in [-0.39, 0.29) is 5.91 Å². The summed E-state index contributed by atoms with van der Waals surface area (Å²) in [7, 11) is 0. The lowest BCUT2D eigenvalue weighted by Gasteiger charge is -2.26. The highest BCUT2D eigenvalue weighted by Crippen LogP contribution is 2.21. The summed E-state index contributed by atoms with van der Waals surface area (Å²) in [6, 6.07) is 15.8. The molecule has 1 saturated heterocycles. The molecule has 0 saturated carbocycles. The van der Waals surface area contributed by atoms with Crippen molar-refractivity contribution < 1.29 is 4.79 Å². The summed E-state index contributed by atoms with van der Waals surface area (Å²) in [5.41, 5.74) is 5.47. The SMILES string of the molecule is Cc1nn(Cc2cccc(C(=O)Nc3ccc(CN4CCCCC4)cc3)c2)c(C)c1Cl. The van der Waals surface area contributed by atoms with Gasteiger partial charge in [-0.15, -0.1) is 0 Å². The maximum absolute atomic E-state index is 12.8. The van der Waals surface area contributed by atoms with E-state index in [0.29, 0.717) is 17.1 Å². The van der Waals surface area contributed by atoms with Gasteiger partial charge in [0.25, 0.3) is 5.91 Å². The number of likely N-dealkylation sites (tertiary alicyclic amines) is 1. The number of hydrogen-bond acceptors (Lipinski definition) is 3. The van der Waals surface area contributed by atoms with E-state index in [9.17, 15) is 4.79 Å². The highest BCUT2D eigenvalue weighted by Gasteiger charge is 2.12. The quantitative estimate of drug-likeness (QED) is 0.559. The van der Waals surface area contributed by atoms with Crippen molar-refractivity contribution in [2.45, 2.75) is 46.2 Å². The summed E-state index contributed by atoms with van der Waals surface area (Å²) in [5.74, 6) is -0.114. The van der Waals surface area contributed by atoms with Crippen LogP contribution in [0.5, 0.6) is 0 Å². The zero-order valence-electron chi connectivity index (χ0n) is 18.2. The summed E-state index contributed by atoms with van der Waals surface area (Å²) < 4.78 is 1.87. The molecule has 1 fully saturated rings. The molecule has 2 aromatic carbocycles. The van der Waals surface area contributed by atoms with E-state index in [1.807, 2.05) is 54.9 Å². The average molecular weight is 437 g/mol. The molecule has 5 nitrogen and oxygen atoms in total. The van der Waals surface area contributed by atoms with Gasteiger partial charge < -0.3 is 5.32 Å². The van der Waals surface area contributed by atoms with Crippen LogP contribution in [0.15, 0.2) is 48.5 Å². The normalized spacial score (nSPS) is 14.5. The molecule has 3 aromatic rings. The smallest absolute Gasteiger partial charge is 0.255 e. The molecule has 0 spiro atoms. The molecule has 0 aliphatic carbocycles. The number of carbonyl (C=O) groups excluding carboxylic acids is 1. The number of anilines is 1. The van der Waals surface area contributed by atoms with Gasteiger partial charge in [0, 0.05) is 17.8 Å². The van der Waals surface area contributed by atoms with Crippen LogP contribution < -0.4 is 5.32 Å². The molecule has 1 aliphatic heterocycles. The molecular formula is C25H29ClN4O. The lowest BCUT2D eigenvalue weighted by Crippen LogP contribution is -2.29. The second-order valence-corrected chi connectivity index (χ2v) is 8.71. The summed E-state index contributed by atoms with van der Waals surface area (Å²) in [6.07, 6.45) is 3.93. The molecule has 1 aliphatic rings. The lowest BCUT2D eigenvalue weighted by atomic mass is 10.1. The second-order valence-electron chi connectivity index (χ2n) is 8.33. The third-order valence-corrected chi connectivity index (χ3v) is 6.43. The van der Waals surface area contributed by atoms with Gasteiger partial charge in [0.15, 0.2) is 0 Å². The number of benzene rings is 2. The van der Waals surface area contributed by atoms with E-state index in [2.05, 4.69) is 27.4 Å². The molecule has 0 bridgehead atoms. The lowest BCUT2D eigenvalue weighted by molar-refractivity contribution is 0.102. The van der Waals surface area contributed by atoms with Crippen molar-refractivity contribution in [2.24, 2.45) is 0 Å². The Bertz CT molecular complexity index is 1050. The minimum Gasteiger partial charge on any atom is -0.322 e. The Hall–Kier alpha value is -2.63. The number of rotatable bonds is 6. The third kappa shape index (κ3) is 5.35. The van der Waals surface area contributed by atoms with E-state index in [1.165, 1.54) is 37.9 Å². The molecule has 31 heavy (non-hydrogen) atoms. The molecule has 0 atom stereocenters. The van der Waals surface area contributed by atoms with Crippen LogP contribution in [-0.2, 0) is 13.1 Å². The van der Waals surface area contributed by atoms with Gasteiger partial charge in [-0.25, -0.2) is 0 Å². The zero-order chi connectivity index (χ0) is 21.8. The number of nitrogens with one attached hydrogen (secondary N) is 1. The largest absolute Gasteiger partial charge is 0.322 e. The first-order chi connectivity index (χ1) is 15.0. The van der Waals surface area contributed by atoms with Gasteiger partial charge >= 0.3 is 0 Å². The van der Waals surface area contributed by atoms with Crippen molar-refractivity contribution >= 4 is 23.2 Å². The van der Waals surface area contributed by atoms with Crippen LogP contribution in [-0.4, -0.2) is 33.7 Å². The number of carbonyl (C=O) groups is 1. The minimum atomic E-state index is -0.114. The Balaban J connectivity index is 1.39. The second kappa shape index (κ2) is 9.67. The van der Waals surface area contributed by atoms with E-state index >= 15 is 0 Å². The van der Waals surface area contributed by atoms with Gasteiger partial charge in [-0.2, -0.15) is 5.10 Å². The topological polar surface area (TPSA) is 50.2 Å². The van der Waals surface area contributed by atoms with Gasteiger partial charge in [0.1, 0.15) is 0 Å². The summed E-state index contributed by atoms with van der Waals surface area (Å²) in [5, 5.41) is 8.18. The number of aromatic nitrogens is 2. The Labute approximate surface area is 189 Å². The molecule has 0 unspecified atom stereocenters. The fourth-order valence-electron chi connectivity index (χ4n) is 4.09. The van der Waals surface area contributed by atoms with E-state index in [4.69, 9.17) is 11.6 Å². The van der Waals surface area contributed by atoms with Crippen LogP contribution in [0.3, 0.4) is 0 Å². The molecule has 2 heterocycles. The monoisotopic (exact) mass is 436 g/mol. The predicted molar refractivity (Wildman–Crippen MR) is 126 cm³/mol. The van der Waals surface area contributed by atoms with Crippen molar-refractivity contribution in [1.82, 2.24) is 14.7 Å². The highest BCUT2D eigenvalue weighted by atomic mass is 35.5. The van der Waals surface area contributed by atoms with Crippen LogP contribution in [0.25, 0.3) is 0 Å². The summed E-state index contributed by atoms with van der Waals surface area (Å²) in [4.78, 5) is 15.3. The van der Waals surface area contributed by atoms with Crippen LogP contribution in [0.4, 0.5) is 5.69 Å². The highest BCUT2D eigenvalue weighted by molar-refractivity contribution is 6.31. The molecule has 1 amide bonds. The number of hydrogen-bond donors (Lipinski definition) is 1. The Morgan fingerprint density at radius 3 is 2.42 bits per heavy atom. The number of nitrogens with zero attached hydrogens (tertiary/aromatic N) is 3. The average Bonchev–Trinajstić information content (AvgIpc) is 3.02. The summed E-state index contributed by atoms with van der Waals surface area (Å²) >= 11 is 6.25. The third-order valence-electron chi connectivity index (χ3n) is 5.88. The standard InChI is InChI=1S/C25H29ClN4O/c1-18-24(26)19(2)30(28-18)17-21-7-6-8-22(15-21)25(31)27-23-11-9-20(10-12-23)16-29-13-4-3-5-14-29/h6-12,15H,3-5,13-14,16-17H2,1-2H3,(H,27,31). The van der Waals surface area contributed by atoms with Gasteiger partial charge in [0.2, 0.25) is 0 Å². The van der Waals surface area contributed by atoms with Crippen LogP contribution >= 0.6 is 11.6 Å². The predicted octanol–water partition coefficient (Wildman–Crippen LogP) is 5.44. The summed E-state index contributed by atoms with van der Waals surface area (Å²) in [6.45, 7) is 7.76. The number of aryl methyl sites for hydroxylation is 1. The van der Waals surface area contributed by atoms with Crippen molar-refractivity contribution in [1.29, 1.82) is 0 Å². The van der Waals surface area contributed by atoms with E-state index in [1.54, 1.807) is 0 Å². The molecule has 1 N–H and O–H groups in total. The Morgan fingerprint density at radius 2 is 1.74 bits per heavy atom. The Kier molecular flexibility index (Phi) is 6.73. The van der Waals surface area contributed by atoms with Gasteiger partial charge in [-0.1, -0.05) is 42.3 Å². The van der Waals surface area contributed by atoms with Gasteiger partial charge in [0.05, 0.1) is 23.0 Å². The van der Waals surface area contributed by atoms with Crippen LogP contribution in [0, 0.1) is 13.8 Å². The zero-order valence-corrected chi connectivity index (χ0v) is 19.0. The van der Waals surface area contributed by atoms with Crippen LogP contribution in [0.2, 0.25) is 5.02 Å². The van der Waals surface area contributed by atoms with Crippen molar-refractivity contribution in [3.63, 3.8) is 0 Å².